The number of esters is 1. The average molecular weight is 264 g/mol. The molecule has 0 fully saturated rings. The molecule has 0 saturated heterocycles. The molecule has 0 unspecified atom stereocenters. The van der Waals surface area contributed by atoms with E-state index in [2.05, 4.69) is 0 Å². The molecule has 0 saturated carbocycles. The van der Waals surface area contributed by atoms with Crippen molar-refractivity contribution in [3.63, 3.8) is 0 Å². The van der Waals surface area contributed by atoms with Crippen molar-refractivity contribution in [2.75, 3.05) is 6.61 Å². The van der Waals surface area contributed by atoms with Crippen molar-refractivity contribution in [1.29, 1.82) is 0 Å². The van der Waals surface area contributed by atoms with Crippen molar-refractivity contribution in [1.82, 2.24) is 0 Å². The summed E-state index contributed by atoms with van der Waals surface area (Å²) < 4.78 is 4.86. The molecule has 0 bridgehead atoms. The molecule has 0 aliphatic heterocycles. The van der Waals surface area contributed by atoms with Crippen LogP contribution in [0.3, 0.4) is 0 Å². The Morgan fingerprint density at radius 3 is 2.53 bits per heavy atom. The molecule has 1 aromatic rings. The lowest BCUT2D eigenvalue weighted by molar-refractivity contribution is -0.143. The van der Waals surface area contributed by atoms with Gasteiger partial charge in [0.15, 0.2) is 0 Å². The van der Waals surface area contributed by atoms with Crippen LogP contribution in [0, 0.1) is 0 Å². The molecule has 1 rings (SSSR count). The fourth-order valence-electron chi connectivity index (χ4n) is 1.86. The van der Waals surface area contributed by atoms with E-state index in [1.165, 1.54) is 0 Å². The zero-order valence-electron chi connectivity index (χ0n) is 11.6. The van der Waals surface area contributed by atoms with Gasteiger partial charge in [0.05, 0.1) is 12.2 Å². The Morgan fingerprint density at radius 1 is 1.32 bits per heavy atom. The maximum absolute atomic E-state index is 11.3. The zero-order valence-corrected chi connectivity index (χ0v) is 11.6. The van der Waals surface area contributed by atoms with Crippen molar-refractivity contribution in [3.8, 4) is 0 Å². The van der Waals surface area contributed by atoms with Crippen molar-refractivity contribution in [3.05, 3.63) is 34.9 Å². The van der Waals surface area contributed by atoms with Gasteiger partial charge in [0, 0.05) is 6.42 Å². The summed E-state index contributed by atoms with van der Waals surface area (Å²) in [7, 11) is 0. The van der Waals surface area contributed by atoms with Crippen LogP contribution in [0.5, 0.6) is 0 Å². The minimum Gasteiger partial charge on any atom is -0.478 e. The second-order valence-electron chi connectivity index (χ2n) is 4.68. The molecule has 1 N–H and O–H groups in total. The molecule has 0 aliphatic carbocycles. The van der Waals surface area contributed by atoms with Crippen LogP contribution in [0.1, 0.15) is 54.6 Å². The van der Waals surface area contributed by atoms with Gasteiger partial charge in [0.2, 0.25) is 0 Å². The molecule has 0 aliphatic rings. The lowest BCUT2D eigenvalue weighted by atomic mass is 9.95. The number of ether oxygens (including phenoxy) is 1. The SMILES string of the molecule is CCOC(=O)CCc1cc(C(C)C)ccc1C(=O)O. The summed E-state index contributed by atoms with van der Waals surface area (Å²) in [6, 6.07) is 5.30. The summed E-state index contributed by atoms with van der Waals surface area (Å²) in [5, 5.41) is 9.15. The molecule has 0 aromatic heterocycles. The zero-order chi connectivity index (χ0) is 14.4. The number of aryl methyl sites for hydroxylation is 1. The highest BCUT2D eigenvalue weighted by molar-refractivity contribution is 5.89. The van der Waals surface area contributed by atoms with Crippen molar-refractivity contribution < 1.29 is 19.4 Å². The minimum absolute atomic E-state index is 0.204. The maximum atomic E-state index is 11.3. The Morgan fingerprint density at radius 2 is 2.00 bits per heavy atom. The lowest BCUT2D eigenvalue weighted by Crippen LogP contribution is -2.09. The third kappa shape index (κ3) is 4.39. The normalized spacial score (nSPS) is 10.5. The third-order valence-corrected chi connectivity index (χ3v) is 2.93. The van der Waals surface area contributed by atoms with Gasteiger partial charge in [0.1, 0.15) is 0 Å². The number of hydrogen-bond donors (Lipinski definition) is 1. The van der Waals surface area contributed by atoms with Crippen LogP contribution in [0.15, 0.2) is 18.2 Å². The van der Waals surface area contributed by atoms with E-state index in [0.29, 0.717) is 24.5 Å². The van der Waals surface area contributed by atoms with Gasteiger partial charge < -0.3 is 9.84 Å². The van der Waals surface area contributed by atoms with E-state index < -0.39 is 5.97 Å². The van der Waals surface area contributed by atoms with Gasteiger partial charge in [-0.2, -0.15) is 0 Å². The summed E-state index contributed by atoms with van der Waals surface area (Å²) in [6.07, 6.45) is 0.594. The quantitative estimate of drug-likeness (QED) is 0.802. The van der Waals surface area contributed by atoms with Gasteiger partial charge in [0.25, 0.3) is 0 Å². The monoisotopic (exact) mass is 264 g/mol. The smallest absolute Gasteiger partial charge is 0.335 e. The van der Waals surface area contributed by atoms with Gasteiger partial charge >= 0.3 is 11.9 Å². The first-order valence-corrected chi connectivity index (χ1v) is 6.47. The molecule has 4 heteroatoms. The summed E-state index contributed by atoms with van der Waals surface area (Å²) in [4.78, 5) is 22.5. The summed E-state index contributed by atoms with van der Waals surface area (Å²) in [5.74, 6) is -0.938. The van der Waals surface area contributed by atoms with Gasteiger partial charge in [-0.1, -0.05) is 26.0 Å². The van der Waals surface area contributed by atoms with E-state index in [-0.39, 0.29) is 18.0 Å². The Hall–Kier alpha value is -1.84. The van der Waals surface area contributed by atoms with Gasteiger partial charge in [-0.3, -0.25) is 4.79 Å². The second-order valence-corrected chi connectivity index (χ2v) is 4.68. The summed E-state index contributed by atoms with van der Waals surface area (Å²) in [5.41, 5.74) is 2.02. The van der Waals surface area contributed by atoms with Crippen LogP contribution in [0.4, 0.5) is 0 Å². The van der Waals surface area contributed by atoms with Gasteiger partial charge in [-0.25, -0.2) is 4.79 Å². The molecular formula is C15H20O4. The second kappa shape index (κ2) is 6.92. The highest BCUT2D eigenvalue weighted by atomic mass is 16.5. The standard InChI is InChI=1S/C15H20O4/c1-4-19-14(16)8-6-12-9-11(10(2)3)5-7-13(12)15(17)18/h5,7,9-10H,4,6,8H2,1-3H3,(H,17,18). The molecule has 0 heterocycles. The highest BCUT2D eigenvalue weighted by Gasteiger charge is 2.13. The Bertz CT molecular complexity index is 463. The first-order valence-electron chi connectivity index (χ1n) is 6.47. The average Bonchev–Trinajstić information content (AvgIpc) is 2.36. The summed E-state index contributed by atoms with van der Waals surface area (Å²) >= 11 is 0. The summed E-state index contributed by atoms with van der Waals surface area (Å²) in [6.45, 7) is 6.19. The van der Waals surface area contributed by atoms with E-state index in [1.54, 1.807) is 13.0 Å². The number of carbonyl (C=O) groups excluding carboxylic acids is 1. The maximum Gasteiger partial charge on any atom is 0.335 e. The fourth-order valence-corrected chi connectivity index (χ4v) is 1.86. The van der Waals surface area contributed by atoms with Gasteiger partial charge in [-0.15, -0.1) is 0 Å². The molecule has 1 aromatic carbocycles. The number of hydrogen-bond acceptors (Lipinski definition) is 3. The molecule has 19 heavy (non-hydrogen) atoms. The van der Waals surface area contributed by atoms with Crippen LogP contribution in [0.25, 0.3) is 0 Å². The Balaban J connectivity index is 2.91. The molecule has 0 spiro atoms. The molecule has 0 radical (unpaired) electrons. The van der Waals surface area contributed by atoms with Crippen LogP contribution >= 0.6 is 0 Å². The first-order chi connectivity index (χ1) is 8.95. The molecule has 0 atom stereocenters. The van der Waals surface area contributed by atoms with Crippen LogP contribution < -0.4 is 0 Å². The molecule has 0 amide bonds. The highest BCUT2D eigenvalue weighted by Crippen LogP contribution is 2.20. The topological polar surface area (TPSA) is 63.6 Å². The van der Waals surface area contributed by atoms with E-state index in [0.717, 1.165) is 5.56 Å². The fraction of sp³-hybridized carbons (Fsp3) is 0.467. The lowest BCUT2D eigenvalue weighted by Gasteiger charge is -2.11. The Labute approximate surface area is 113 Å². The third-order valence-electron chi connectivity index (χ3n) is 2.93. The number of benzene rings is 1. The Kier molecular flexibility index (Phi) is 5.55. The van der Waals surface area contributed by atoms with Crippen molar-refractivity contribution in [2.45, 2.75) is 39.5 Å². The number of aromatic carboxylic acids is 1. The first kappa shape index (κ1) is 15.2. The van der Waals surface area contributed by atoms with Crippen molar-refractivity contribution in [2.24, 2.45) is 0 Å². The minimum atomic E-state index is -0.964. The number of carboxylic acids is 1. The molecule has 4 nitrogen and oxygen atoms in total. The number of rotatable bonds is 6. The van der Waals surface area contributed by atoms with E-state index >= 15 is 0 Å². The van der Waals surface area contributed by atoms with E-state index in [9.17, 15) is 9.59 Å². The van der Waals surface area contributed by atoms with Crippen molar-refractivity contribution >= 4 is 11.9 Å². The van der Waals surface area contributed by atoms with E-state index in [1.807, 2.05) is 26.0 Å². The van der Waals surface area contributed by atoms with Crippen LogP contribution in [0.2, 0.25) is 0 Å². The van der Waals surface area contributed by atoms with Gasteiger partial charge in [-0.05, 0) is 36.5 Å². The number of carboxylic acid groups (broad SMARTS) is 1. The van der Waals surface area contributed by atoms with E-state index in [4.69, 9.17) is 9.84 Å². The number of carbonyl (C=O) groups is 2. The molecular weight excluding hydrogens is 244 g/mol. The predicted octanol–water partition coefficient (Wildman–Crippen LogP) is 3.00. The van der Waals surface area contributed by atoms with Crippen LogP contribution in [-0.2, 0) is 16.0 Å². The largest absolute Gasteiger partial charge is 0.478 e. The van der Waals surface area contributed by atoms with Crippen LogP contribution in [-0.4, -0.2) is 23.7 Å². The predicted molar refractivity (Wildman–Crippen MR) is 72.4 cm³/mol. The molecule has 104 valence electrons.